The van der Waals surface area contributed by atoms with Crippen molar-refractivity contribution in [2.75, 3.05) is 22.5 Å². The first-order valence-corrected chi connectivity index (χ1v) is 8.33. The van der Waals surface area contributed by atoms with Gasteiger partial charge in [0.05, 0.1) is 12.2 Å². The smallest absolute Gasteiger partial charge is 0.243 e. The molecule has 2 aromatic carbocycles. The van der Waals surface area contributed by atoms with Crippen molar-refractivity contribution in [2.24, 2.45) is 0 Å². The van der Waals surface area contributed by atoms with Crippen molar-refractivity contribution in [2.45, 2.75) is 20.8 Å². The van der Waals surface area contributed by atoms with Gasteiger partial charge in [-0.2, -0.15) is 0 Å². The van der Waals surface area contributed by atoms with E-state index in [2.05, 4.69) is 31.9 Å². The van der Waals surface area contributed by atoms with Crippen molar-refractivity contribution in [3.63, 3.8) is 0 Å². The summed E-state index contributed by atoms with van der Waals surface area (Å²) < 4.78 is 0.847. The summed E-state index contributed by atoms with van der Waals surface area (Å²) in [4.78, 5) is 23.3. The average Bonchev–Trinajstić information content (AvgIpc) is 2.50. The number of amides is 2. The normalized spacial score (nSPS) is 10.2. The number of nitrogens with one attached hydrogen (secondary N) is 3. The molecule has 24 heavy (non-hydrogen) atoms. The van der Waals surface area contributed by atoms with E-state index < -0.39 is 0 Å². The molecule has 0 aliphatic carbocycles. The van der Waals surface area contributed by atoms with E-state index in [4.69, 9.17) is 0 Å². The van der Waals surface area contributed by atoms with Crippen LogP contribution in [0.25, 0.3) is 0 Å². The van der Waals surface area contributed by atoms with Crippen LogP contribution in [0.4, 0.5) is 17.1 Å². The Hall–Kier alpha value is -2.34. The van der Waals surface area contributed by atoms with Crippen LogP contribution in [-0.2, 0) is 9.59 Å². The van der Waals surface area contributed by atoms with E-state index in [1.807, 2.05) is 50.2 Å². The zero-order valence-electron chi connectivity index (χ0n) is 13.9. The van der Waals surface area contributed by atoms with Crippen LogP contribution >= 0.6 is 15.9 Å². The topological polar surface area (TPSA) is 70.2 Å². The van der Waals surface area contributed by atoms with Gasteiger partial charge in [-0.3, -0.25) is 9.59 Å². The summed E-state index contributed by atoms with van der Waals surface area (Å²) in [6.07, 6.45) is 0. The predicted octanol–water partition coefficient (Wildman–Crippen LogP) is 4.07. The first kappa shape index (κ1) is 18.0. The molecule has 0 aromatic heterocycles. The number of carbonyl (C=O) groups excluding carboxylic acids is 2. The van der Waals surface area contributed by atoms with Gasteiger partial charge in [0.15, 0.2) is 0 Å². The number of benzene rings is 2. The molecule has 126 valence electrons. The SMILES string of the molecule is CC(=O)Nc1cccc(NCC(=O)Nc2ccc(C)cc2Br)c1C. The lowest BCUT2D eigenvalue weighted by molar-refractivity contribution is -0.115. The van der Waals surface area contributed by atoms with Gasteiger partial charge in [0.25, 0.3) is 0 Å². The first-order valence-electron chi connectivity index (χ1n) is 7.54. The Morgan fingerprint density at radius 2 is 1.71 bits per heavy atom. The van der Waals surface area contributed by atoms with E-state index in [9.17, 15) is 9.59 Å². The molecule has 2 amide bonds. The van der Waals surface area contributed by atoms with Crippen LogP contribution in [0.15, 0.2) is 40.9 Å². The van der Waals surface area contributed by atoms with Gasteiger partial charge < -0.3 is 16.0 Å². The molecule has 3 N–H and O–H groups in total. The van der Waals surface area contributed by atoms with E-state index in [0.717, 1.165) is 32.7 Å². The largest absolute Gasteiger partial charge is 0.376 e. The molecular formula is C18H20BrN3O2. The molecule has 0 unspecified atom stereocenters. The van der Waals surface area contributed by atoms with Gasteiger partial charge in [0.2, 0.25) is 11.8 Å². The summed E-state index contributed by atoms with van der Waals surface area (Å²) in [6, 6.07) is 11.3. The van der Waals surface area contributed by atoms with Crippen LogP contribution in [-0.4, -0.2) is 18.4 Å². The highest BCUT2D eigenvalue weighted by molar-refractivity contribution is 9.10. The van der Waals surface area contributed by atoms with E-state index in [0.29, 0.717) is 0 Å². The highest BCUT2D eigenvalue weighted by Crippen LogP contribution is 2.24. The van der Waals surface area contributed by atoms with Gasteiger partial charge >= 0.3 is 0 Å². The average molecular weight is 390 g/mol. The predicted molar refractivity (Wildman–Crippen MR) is 101 cm³/mol. The summed E-state index contributed by atoms with van der Waals surface area (Å²) in [6.45, 7) is 5.47. The molecule has 2 rings (SSSR count). The maximum absolute atomic E-state index is 12.1. The Kier molecular flexibility index (Phi) is 5.98. The summed E-state index contributed by atoms with van der Waals surface area (Å²) in [7, 11) is 0. The molecule has 0 fully saturated rings. The van der Waals surface area contributed by atoms with Gasteiger partial charge in [-0.1, -0.05) is 12.1 Å². The molecule has 0 aliphatic heterocycles. The van der Waals surface area contributed by atoms with Gasteiger partial charge in [-0.15, -0.1) is 0 Å². The summed E-state index contributed by atoms with van der Waals surface area (Å²) in [5, 5.41) is 8.72. The quantitative estimate of drug-likeness (QED) is 0.721. The van der Waals surface area contributed by atoms with Crippen LogP contribution in [0.5, 0.6) is 0 Å². The zero-order valence-corrected chi connectivity index (χ0v) is 15.5. The Labute approximate surface area is 150 Å². The highest BCUT2D eigenvalue weighted by Gasteiger charge is 2.08. The van der Waals surface area contributed by atoms with Gasteiger partial charge in [-0.25, -0.2) is 0 Å². The van der Waals surface area contributed by atoms with Crippen molar-refractivity contribution in [1.29, 1.82) is 0 Å². The third-order valence-electron chi connectivity index (χ3n) is 3.48. The van der Waals surface area contributed by atoms with Gasteiger partial charge in [0, 0.05) is 22.8 Å². The molecular weight excluding hydrogens is 370 g/mol. The van der Waals surface area contributed by atoms with Crippen LogP contribution in [0.3, 0.4) is 0 Å². The number of aryl methyl sites for hydroxylation is 1. The van der Waals surface area contributed by atoms with Crippen molar-refractivity contribution in [3.8, 4) is 0 Å². The number of halogens is 1. The molecule has 0 heterocycles. The molecule has 0 aliphatic rings. The molecule has 0 radical (unpaired) electrons. The summed E-state index contributed by atoms with van der Waals surface area (Å²) >= 11 is 3.44. The van der Waals surface area contributed by atoms with Crippen molar-refractivity contribution in [1.82, 2.24) is 0 Å². The molecule has 0 atom stereocenters. The number of anilines is 3. The first-order chi connectivity index (χ1) is 11.4. The molecule has 0 spiro atoms. The fraction of sp³-hybridized carbons (Fsp3) is 0.222. The maximum Gasteiger partial charge on any atom is 0.243 e. The van der Waals surface area contributed by atoms with Crippen LogP contribution in [0.2, 0.25) is 0 Å². The monoisotopic (exact) mass is 389 g/mol. The highest BCUT2D eigenvalue weighted by atomic mass is 79.9. The molecule has 0 saturated carbocycles. The second-order valence-electron chi connectivity index (χ2n) is 5.54. The lowest BCUT2D eigenvalue weighted by Gasteiger charge is -2.14. The Morgan fingerprint density at radius 3 is 2.38 bits per heavy atom. The third-order valence-corrected chi connectivity index (χ3v) is 4.14. The molecule has 6 heteroatoms. The second kappa shape index (κ2) is 7.97. The van der Waals surface area contributed by atoms with Crippen LogP contribution in [0.1, 0.15) is 18.1 Å². The number of hydrogen-bond acceptors (Lipinski definition) is 3. The minimum Gasteiger partial charge on any atom is -0.376 e. The van der Waals surface area contributed by atoms with E-state index in [1.165, 1.54) is 6.92 Å². The van der Waals surface area contributed by atoms with E-state index in [-0.39, 0.29) is 18.4 Å². The molecule has 5 nitrogen and oxygen atoms in total. The van der Waals surface area contributed by atoms with Crippen LogP contribution < -0.4 is 16.0 Å². The molecule has 0 saturated heterocycles. The number of hydrogen-bond donors (Lipinski definition) is 3. The minimum atomic E-state index is -0.149. The van der Waals surface area contributed by atoms with Crippen LogP contribution in [0, 0.1) is 13.8 Å². The third kappa shape index (κ3) is 4.83. The summed E-state index contributed by atoms with van der Waals surface area (Å²) in [5.41, 5.74) is 4.27. The zero-order chi connectivity index (χ0) is 17.7. The fourth-order valence-electron chi connectivity index (χ4n) is 2.24. The number of carbonyl (C=O) groups is 2. The summed E-state index contributed by atoms with van der Waals surface area (Å²) in [5.74, 6) is -0.277. The Morgan fingerprint density at radius 1 is 1.00 bits per heavy atom. The Balaban J connectivity index is 2.00. The molecule has 2 aromatic rings. The van der Waals surface area contributed by atoms with Crippen molar-refractivity contribution in [3.05, 3.63) is 52.0 Å². The number of rotatable bonds is 5. The van der Waals surface area contributed by atoms with Crippen molar-refractivity contribution < 1.29 is 9.59 Å². The fourth-order valence-corrected chi connectivity index (χ4v) is 2.84. The van der Waals surface area contributed by atoms with E-state index >= 15 is 0 Å². The maximum atomic E-state index is 12.1. The minimum absolute atomic E-state index is 0.128. The van der Waals surface area contributed by atoms with Gasteiger partial charge in [-0.05, 0) is 65.2 Å². The molecule has 0 bridgehead atoms. The second-order valence-corrected chi connectivity index (χ2v) is 6.40. The standard InChI is InChI=1S/C18H20BrN3O2/c1-11-7-8-17(14(19)9-11)22-18(24)10-20-15-5-4-6-16(12(15)2)21-13(3)23/h4-9,20H,10H2,1-3H3,(H,21,23)(H,22,24). The Bertz CT molecular complexity index is 775. The van der Waals surface area contributed by atoms with Crippen molar-refractivity contribution >= 4 is 44.8 Å². The lowest BCUT2D eigenvalue weighted by atomic mass is 10.1. The lowest BCUT2D eigenvalue weighted by Crippen LogP contribution is -2.22. The van der Waals surface area contributed by atoms with Gasteiger partial charge in [0.1, 0.15) is 0 Å². The van der Waals surface area contributed by atoms with E-state index in [1.54, 1.807) is 0 Å².